The van der Waals surface area contributed by atoms with Gasteiger partial charge in [-0.25, -0.2) is 4.98 Å². The number of hydrogen-bond acceptors (Lipinski definition) is 8. The smallest absolute Gasteiger partial charge is 0.258 e. The maximum Gasteiger partial charge on any atom is 0.258 e. The van der Waals surface area contributed by atoms with E-state index in [2.05, 4.69) is 4.98 Å². The predicted molar refractivity (Wildman–Crippen MR) is 132 cm³/mol. The molecule has 0 N–H and O–H groups in total. The van der Waals surface area contributed by atoms with E-state index in [0.29, 0.717) is 54.9 Å². The second kappa shape index (κ2) is 10.1. The molecular weight excluding hydrogens is 472 g/mol. The molecule has 2 aromatic carbocycles. The molecule has 5 rings (SSSR count). The zero-order valence-corrected chi connectivity index (χ0v) is 20.1. The molecule has 0 unspecified atom stereocenters. The summed E-state index contributed by atoms with van der Waals surface area (Å²) in [6.45, 7) is 1.76. The Morgan fingerprint density at radius 3 is 2.74 bits per heavy atom. The van der Waals surface area contributed by atoms with Crippen LogP contribution in [0.4, 0.5) is 5.69 Å². The summed E-state index contributed by atoms with van der Waals surface area (Å²) in [6, 6.07) is 14.8. The number of thiophene rings is 1. The largest absolute Gasteiger partial charge is 0.493 e. The number of rotatable bonds is 8. The minimum atomic E-state index is -0.158. The summed E-state index contributed by atoms with van der Waals surface area (Å²) < 4.78 is 22.8. The Labute approximate surface area is 205 Å². The monoisotopic (exact) mass is 494 g/mol. The summed E-state index contributed by atoms with van der Waals surface area (Å²) in [7, 11) is 1.56. The molecule has 0 atom stereocenters. The van der Waals surface area contributed by atoms with Crippen LogP contribution in [0.25, 0.3) is 0 Å². The molecule has 0 bridgehead atoms. The lowest BCUT2D eigenvalue weighted by molar-refractivity contribution is 0.0984. The number of benzene rings is 2. The van der Waals surface area contributed by atoms with E-state index in [1.807, 2.05) is 41.1 Å². The molecule has 2 aromatic heterocycles. The Balaban J connectivity index is 1.43. The van der Waals surface area contributed by atoms with Gasteiger partial charge in [-0.2, -0.15) is 0 Å². The molecule has 1 amide bonds. The molecule has 1 aliphatic heterocycles. The first-order chi connectivity index (χ1) is 16.7. The van der Waals surface area contributed by atoms with E-state index >= 15 is 0 Å². The normalized spacial score (nSPS) is 12.3. The van der Waals surface area contributed by atoms with Gasteiger partial charge in [-0.3, -0.25) is 4.79 Å². The van der Waals surface area contributed by atoms with Crippen LogP contribution in [0.15, 0.2) is 64.8 Å². The zero-order chi connectivity index (χ0) is 23.3. The Bertz CT molecular complexity index is 1260. The molecule has 7 nitrogen and oxygen atoms in total. The molecule has 3 heterocycles. The number of hydrogen-bond donors (Lipinski definition) is 0. The Hall–Kier alpha value is -3.56. The average molecular weight is 495 g/mol. The van der Waals surface area contributed by atoms with E-state index in [1.54, 1.807) is 47.1 Å². The molecule has 0 fully saturated rings. The van der Waals surface area contributed by atoms with Gasteiger partial charge in [-0.1, -0.05) is 6.07 Å². The van der Waals surface area contributed by atoms with Crippen LogP contribution in [-0.2, 0) is 13.2 Å². The van der Waals surface area contributed by atoms with Gasteiger partial charge in [0.15, 0.2) is 23.0 Å². The quantitative estimate of drug-likeness (QED) is 0.326. The molecule has 0 saturated carbocycles. The van der Waals surface area contributed by atoms with Crippen LogP contribution in [-0.4, -0.2) is 31.2 Å². The fourth-order valence-electron chi connectivity index (χ4n) is 3.57. The van der Waals surface area contributed by atoms with Crippen LogP contribution in [0.2, 0.25) is 0 Å². The van der Waals surface area contributed by atoms with Gasteiger partial charge in [-0.05, 0) is 41.8 Å². The van der Waals surface area contributed by atoms with Crippen molar-refractivity contribution in [1.29, 1.82) is 0 Å². The third kappa shape index (κ3) is 4.85. The van der Waals surface area contributed by atoms with Crippen LogP contribution < -0.4 is 23.8 Å². The number of carbonyl (C=O) groups excluding carboxylic acids is 1. The summed E-state index contributed by atoms with van der Waals surface area (Å²) in [5.41, 5.74) is 3.82. The number of amides is 1. The third-order valence-corrected chi connectivity index (χ3v) is 6.74. The number of fused-ring (bicyclic) bond motifs is 1. The summed E-state index contributed by atoms with van der Waals surface area (Å²) in [5, 5.41) is 3.93. The summed E-state index contributed by atoms with van der Waals surface area (Å²) >= 11 is 3.12. The van der Waals surface area contributed by atoms with E-state index in [-0.39, 0.29) is 5.91 Å². The second-order valence-electron chi connectivity index (χ2n) is 7.43. The van der Waals surface area contributed by atoms with Gasteiger partial charge in [-0.15, -0.1) is 22.7 Å². The van der Waals surface area contributed by atoms with E-state index in [9.17, 15) is 4.79 Å². The van der Waals surface area contributed by atoms with Crippen molar-refractivity contribution in [1.82, 2.24) is 4.98 Å². The van der Waals surface area contributed by atoms with E-state index in [0.717, 1.165) is 16.3 Å². The second-order valence-corrected chi connectivity index (χ2v) is 9.18. The number of anilines is 1. The topological polar surface area (TPSA) is 70.1 Å². The highest BCUT2D eigenvalue weighted by molar-refractivity contribution is 7.09. The predicted octanol–water partition coefficient (Wildman–Crippen LogP) is 5.41. The van der Waals surface area contributed by atoms with Gasteiger partial charge < -0.3 is 23.8 Å². The first kappa shape index (κ1) is 22.2. The van der Waals surface area contributed by atoms with Crippen molar-refractivity contribution < 1.29 is 23.7 Å². The molecule has 0 spiro atoms. The average Bonchev–Trinajstić information content (AvgIpc) is 3.60. The van der Waals surface area contributed by atoms with Gasteiger partial charge in [0.1, 0.15) is 19.8 Å². The number of methoxy groups -OCH3 is 1. The first-order valence-corrected chi connectivity index (χ1v) is 12.5. The van der Waals surface area contributed by atoms with Crippen LogP contribution in [0.1, 0.15) is 20.9 Å². The van der Waals surface area contributed by atoms with Crippen molar-refractivity contribution >= 4 is 34.3 Å². The molecular formula is C25H22N2O5S2. The van der Waals surface area contributed by atoms with Gasteiger partial charge >= 0.3 is 0 Å². The summed E-state index contributed by atoms with van der Waals surface area (Å²) in [4.78, 5) is 20.7. The molecule has 34 heavy (non-hydrogen) atoms. The molecule has 0 saturated heterocycles. The van der Waals surface area contributed by atoms with E-state index in [1.165, 1.54) is 11.3 Å². The van der Waals surface area contributed by atoms with Crippen molar-refractivity contribution in [3.05, 3.63) is 80.9 Å². The van der Waals surface area contributed by atoms with Gasteiger partial charge in [0, 0.05) is 27.6 Å². The SMILES string of the molecule is COc1cc(C(=O)N(Cc2cccs2)c2ccc3c(c2)OCCO3)ccc1OCc1cscn1. The molecule has 0 radical (unpaired) electrons. The highest BCUT2D eigenvalue weighted by Crippen LogP contribution is 2.36. The minimum Gasteiger partial charge on any atom is -0.493 e. The highest BCUT2D eigenvalue weighted by Gasteiger charge is 2.23. The maximum atomic E-state index is 13.7. The van der Waals surface area contributed by atoms with Gasteiger partial charge in [0.25, 0.3) is 5.91 Å². The number of carbonyl (C=O) groups is 1. The van der Waals surface area contributed by atoms with Crippen LogP contribution in [0, 0.1) is 0 Å². The number of thiazole rings is 1. The minimum absolute atomic E-state index is 0.158. The fourth-order valence-corrected chi connectivity index (χ4v) is 4.81. The van der Waals surface area contributed by atoms with Crippen molar-refractivity contribution in [3.8, 4) is 23.0 Å². The Kier molecular flexibility index (Phi) is 6.64. The van der Waals surface area contributed by atoms with Crippen molar-refractivity contribution in [2.75, 3.05) is 25.2 Å². The number of nitrogens with zero attached hydrogens (tertiary/aromatic N) is 2. The highest BCUT2D eigenvalue weighted by atomic mass is 32.1. The van der Waals surface area contributed by atoms with Gasteiger partial charge in [0.05, 0.1) is 24.9 Å². The Morgan fingerprint density at radius 1 is 1.09 bits per heavy atom. The van der Waals surface area contributed by atoms with Crippen LogP contribution >= 0.6 is 22.7 Å². The Morgan fingerprint density at radius 2 is 1.97 bits per heavy atom. The number of aromatic nitrogens is 1. The first-order valence-electron chi connectivity index (χ1n) is 10.6. The van der Waals surface area contributed by atoms with Crippen molar-refractivity contribution in [3.63, 3.8) is 0 Å². The summed E-state index contributed by atoms with van der Waals surface area (Å²) in [5.74, 6) is 2.20. The lowest BCUT2D eigenvalue weighted by Gasteiger charge is -2.25. The van der Waals surface area contributed by atoms with Gasteiger partial charge in [0.2, 0.25) is 0 Å². The molecule has 1 aliphatic rings. The molecule has 4 aromatic rings. The van der Waals surface area contributed by atoms with E-state index in [4.69, 9.17) is 18.9 Å². The molecule has 174 valence electrons. The zero-order valence-electron chi connectivity index (χ0n) is 18.4. The lowest BCUT2D eigenvalue weighted by atomic mass is 10.1. The van der Waals surface area contributed by atoms with Crippen LogP contribution in [0.5, 0.6) is 23.0 Å². The standard InChI is InChI=1S/C25H22N2O5S2/c1-29-23-11-17(4-6-21(23)32-14-18-15-33-16-26-18)25(28)27(13-20-3-2-10-34-20)19-5-7-22-24(12-19)31-9-8-30-22/h2-7,10-12,15-16H,8-9,13-14H2,1H3. The maximum absolute atomic E-state index is 13.7. The third-order valence-electron chi connectivity index (χ3n) is 5.25. The van der Waals surface area contributed by atoms with Crippen molar-refractivity contribution in [2.24, 2.45) is 0 Å². The lowest BCUT2D eigenvalue weighted by Crippen LogP contribution is -2.30. The summed E-state index contributed by atoms with van der Waals surface area (Å²) in [6.07, 6.45) is 0. The van der Waals surface area contributed by atoms with E-state index < -0.39 is 0 Å². The van der Waals surface area contributed by atoms with Crippen molar-refractivity contribution in [2.45, 2.75) is 13.2 Å². The molecule has 0 aliphatic carbocycles. The van der Waals surface area contributed by atoms with Crippen LogP contribution in [0.3, 0.4) is 0 Å². The molecule has 9 heteroatoms. The fraction of sp³-hybridized carbons (Fsp3) is 0.200. The number of ether oxygens (including phenoxy) is 4.